The molecule has 114 valence electrons. The van der Waals surface area contributed by atoms with Gasteiger partial charge in [0.05, 0.1) is 22.3 Å². The summed E-state index contributed by atoms with van der Waals surface area (Å²) in [5, 5.41) is 20.1. The summed E-state index contributed by atoms with van der Waals surface area (Å²) in [5.41, 5.74) is -2.09. The topological polar surface area (TPSA) is 78.2 Å². The van der Waals surface area contributed by atoms with Gasteiger partial charge in [-0.15, -0.1) is 0 Å². The van der Waals surface area contributed by atoms with Gasteiger partial charge in [-0.3, -0.25) is 0 Å². The third-order valence-electron chi connectivity index (χ3n) is 5.57. The highest BCUT2D eigenvalue weighted by Crippen LogP contribution is 2.56. The van der Waals surface area contributed by atoms with Crippen LogP contribution in [0.25, 0.3) is 0 Å². The van der Waals surface area contributed by atoms with Gasteiger partial charge in [-0.05, 0) is 50.4 Å². The molecule has 2 atom stereocenters. The first-order valence-electron chi connectivity index (χ1n) is 7.39. The summed E-state index contributed by atoms with van der Waals surface area (Å²) >= 11 is 0. The number of aliphatic hydroxyl groups is 1. The molecular formula is C15H25NO3S. The second-order valence-corrected chi connectivity index (χ2v) is 9.72. The number of rotatable bonds is 2. The van der Waals surface area contributed by atoms with E-state index in [0.717, 1.165) is 12.8 Å². The van der Waals surface area contributed by atoms with Gasteiger partial charge in [-0.25, -0.2) is 8.42 Å². The Morgan fingerprint density at radius 1 is 1.15 bits per heavy atom. The van der Waals surface area contributed by atoms with Crippen molar-refractivity contribution in [2.24, 2.45) is 10.8 Å². The zero-order chi connectivity index (χ0) is 15.2. The maximum atomic E-state index is 12.0. The number of hydrogen-bond donors (Lipinski definition) is 1. The van der Waals surface area contributed by atoms with E-state index in [1.165, 1.54) is 6.26 Å². The standard InChI is InChI=1S/C15H25NO3S/c1-13(2)7-9-14(11-16,10-8-13)15(17)6-4-5-12(15)20(3,18)19/h12,17H,4-10H2,1-3H3. The van der Waals surface area contributed by atoms with Crippen molar-refractivity contribution in [1.29, 1.82) is 5.26 Å². The quantitative estimate of drug-likeness (QED) is 0.849. The van der Waals surface area contributed by atoms with E-state index >= 15 is 0 Å². The maximum absolute atomic E-state index is 12.0. The summed E-state index contributed by atoms with van der Waals surface area (Å²) < 4.78 is 24.0. The molecule has 0 bridgehead atoms. The lowest BCUT2D eigenvalue weighted by Gasteiger charge is -2.49. The van der Waals surface area contributed by atoms with Gasteiger partial charge in [0.15, 0.2) is 9.84 Å². The molecule has 0 aromatic carbocycles. The Morgan fingerprint density at radius 3 is 2.15 bits per heavy atom. The lowest BCUT2D eigenvalue weighted by molar-refractivity contribution is -0.0772. The summed E-state index contributed by atoms with van der Waals surface area (Å²) in [6, 6.07) is 2.33. The molecule has 0 heterocycles. The summed E-state index contributed by atoms with van der Waals surface area (Å²) in [6.45, 7) is 4.34. The third-order valence-corrected chi connectivity index (χ3v) is 7.23. The van der Waals surface area contributed by atoms with E-state index in [1.807, 2.05) is 0 Å². The average Bonchev–Trinajstić information content (AvgIpc) is 2.73. The Hall–Kier alpha value is -0.600. The molecule has 2 fully saturated rings. The van der Waals surface area contributed by atoms with E-state index in [0.29, 0.717) is 32.1 Å². The minimum absolute atomic E-state index is 0.176. The number of nitriles is 1. The Labute approximate surface area is 122 Å². The van der Waals surface area contributed by atoms with E-state index < -0.39 is 26.1 Å². The van der Waals surface area contributed by atoms with Gasteiger partial charge in [0, 0.05) is 6.26 Å². The number of nitrogens with zero attached hydrogens (tertiary/aromatic N) is 1. The van der Waals surface area contributed by atoms with Crippen LogP contribution in [0.1, 0.15) is 58.8 Å². The molecule has 0 spiro atoms. The van der Waals surface area contributed by atoms with Crippen LogP contribution in [0.3, 0.4) is 0 Å². The first-order chi connectivity index (χ1) is 9.06. The van der Waals surface area contributed by atoms with Crippen molar-refractivity contribution in [3.8, 4) is 6.07 Å². The van der Waals surface area contributed by atoms with E-state index in [4.69, 9.17) is 0 Å². The molecule has 0 aromatic rings. The van der Waals surface area contributed by atoms with Crippen LogP contribution >= 0.6 is 0 Å². The molecule has 0 aromatic heterocycles. The van der Waals surface area contributed by atoms with Gasteiger partial charge >= 0.3 is 0 Å². The molecule has 0 saturated heterocycles. The minimum atomic E-state index is -3.34. The summed E-state index contributed by atoms with van der Waals surface area (Å²) in [7, 11) is -3.34. The van der Waals surface area contributed by atoms with Gasteiger partial charge < -0.3 is 5.11 Å². The average molecular weight is 299 g/mol. The minimum Gasteiger partial charge on any atom is -0.387 e. The SMILES string of the molecule is CC1(C)CCC(C#N)(C2(O)CCCC2S(C)(=O)=O)CC1. The lowest BCUT2D eigenvalue weighted by Crippen LogP contribution is -2.56. The monoisotopic (exact) mass is 299 g/mol. The van der Waals surface area contributed by atoms with Gasteiger partial charge in [0.2, 0.25) is 0 Å². The van der Waals surface area contributed by atoms with Gasteiger partial charge in [-0.2, -0.15) is 5.26 Å². The van der Waals surface area contributed by atoms with Crippen LogP contribution in [-0.4, -0.2) is 30.6 Å². The molecule has 2 aliphatic carbocycles. The summed E-state index contributed by atoms with van der Waals surface area (Å²) in [6.07, 6.45) is 5.68. The molecule has 2 saturated carbocycles. The normalized spacial score (nSPS) is 36.5. The zero-order valence-corrected chi connectivity index (χ0v) is 13.5. The van der Waals surface area contributed by atoms with Gasteiger partial charge in [0.25, 0.3) is 0 Å². The number of hydrogen-bond acceptors (Lipinski definition) is 4. The maximum Gasteiger partial charge on any atom is 0.153 e. The smallest absolute Gasteiger partial charge is 0.153 e. The highest BCUT2D eigenvalue weighted by molar-refractivity contribution is 7.91. The van der Waals surface area contributed by atoms with Crippen molar-refractivity contribution >= 4 is 9.84 Å². The fourth-order valence-electron chi connectivity index (χ4n) is 4.07. The molecule has 4 nitrogen and oxygen atoms in total. The molecule has 0 aliphatic heterocycles. The van der Waals surface area contributed by atoms with E-state index in [9.17, 15) is 18.8 Å². The molecule has 0 amide bonds. The van der Waals surface area contributed by atoms with Crippen molar-refractivity contribution < 1.29 is 13.5 Å². The highest BCUT2D eigenvalue weighted by atomic mass is 32.2. The van der Waals surface area contributed by atoms with Crippen molar-refractivity contribution in [1.82, 2.24) is 0 Å². The van der Waals surface area contributed by atoms with Gasteiger partial charge in [-0.1, -0.05) is 13.8 Å². The predicted octanol–water partition coefficient (Wildman–Crippen LogP) is 2.42. The van der Waals surface area contributed by atoms with Crippen molar-refractivity contribution in [2.45, 2.75) is 69.6 Å². The third kappa shape index (κ3) is 2.37. The molecule has 2 unspecified atom stereocenters. The van der Waals surface area contributed by atoms with Crippen LogP contribution in [0.2, 0.25) is 0 Å². The molecule has 20 heavy (non-hydrogen) atoms. The van der Waals surface area contributed by atoms with Crippen LogP contribution < -0.4 is 0 Å². The van der Waals surface area contributed by atoms with Crippen LogP contribution in [0, 0.1) is 22.2 Å². The van der Waals surface area contributed by atoms with Crippen molar-refractivity contribution in [3.05, 3.63) is 0 Å². The van der Waals surface area contributed by atoms with Crippen LogP contribution in [-0.2, 0) is 9.84 Å². The van der Waals surface area contributed by atoms with E-state index in [-0.39, 0.29) is 5.41 Å². The Balaban J connectivity index is 2.39. The molecule has 1 N–H and O–H groups in total. The Morgan fingerprint density at radius 2 is 1.70 bits per heavy atom. The zero-order valence-electron chi connectivity index (χ0n) is 12.6. The Kier molecular flexibility index (Phi) is 3.71. The second kappa shape index (κ2) is 4.71. The van der Waals surface area contributed by atoms with Crippen molar-refractivity contribution in [2.75, 3.05) is 6.26 Å². The van der Waals surface area contributed by atoms with E-state index in [1.54, 1.807) is 0 Å². The first-order valence-corrected chi connectivity index (χ1v) is 9.34. The molecule has 0 radical (unpaired) electrons. The highest BCUT2D eigenvalue weighted by Gasteiger charge is 2.61. The van der Waals surface area contributed by atoms with E-state index in [2.05, 4.69) is 19.9 Å². The largest absolute Gasteiger partial charge is 0.387 e. The van der Waals surface area contributed by atoms with Crippen molar-refractivity contribution in [3.63, 3.8) is 0 Å². The second-order valence-electron chi connectivity index (χ2n) is 7.49. The van der Waals surface area contributed by atoms with Crippen LogP contribution in [0.5, 0.6) is 0 Å². The first kappa shape index (κ1) is 15.8. The molecule has 2 aliphatic rings. The molecular weight excluding hydrogens is 274 g/mol. The Bertz CT molecular complexity index is 522. The van der Waals surface area contributed by atoms with Gasteiger partial charge in [0.1, 0.15) is 0 Å². The fourth-order valence-corrected chi connectivity index (χ4v) is 5.71. The molecule has 5 heteroatoms. The molecule has 2 rings (SSSR count). The predicted molar refractivity (Wildman–Crippen MR) is 77.7 cm³/mol. The summed E-state index contributed by atoms with van der Waals surface area (Å²) in [4.78, 5) is 0. The lowest BCUT2D eigenvalue weighted by atomic mass is 9.58. The summed E-state index contributed by atoms with van der Waals surface area (Å²) in [5.74, 6) is 0. The van der Waals surface area contributed by atoms with Crippen LogP contribution in [0.15, 0.2) is 0 Å². The number of sulfone groups is 1. The van der Waals surface area contributed by atoms with Crippen LogP contribution in [0.4, 0.5) is 0 Å². The fraction of sp³-hybridized carbons (Fsp3) is 0.933.